The molecular formula is C17H28N4O11S3. The number of nitro benzene ring substituents is 1. The number of sulfonamides is 1. The molecule has 0 aliphatic carbocycles. The molecule has 0 radical (unpaired) electrons. The van der Waals surface area contributed by atoms with Crippen LogP contribution in [0, 0.1) is 10.1 Å². The second-order valence-electron chi connectivity index (χ2n) is 7.73. The quantitative estimate of drug-likeness (QED) is 0.107. The summed E-state index contributed by atoms with van der Waals surface area (Å²) in [5.41, 5.74) is -0.415. The number of nitro groups is 1. The van der Waals surface area contributed by atoms with Gasteiger partial charge in [-0.1, -0.05) is 0 Å². The SMILES string of the molecule is CN1CCN(S(=O)(=O)c2cc([N+](=O)[O-])ccc2N(CCCOS(=O)(=O)O)CCOS(C)(=O)=O)CC1. The molecule has 1 aromatic carbocycles. The van der Waals surface area contributed by atoms with Gasteiger partial charge in [0.05, 0.1) is 30.1 Å². The fourth-order valence-electron chi connectivity index (χ4n) is 3.32. The molecule has 0 atom stereocenters. The van der Waals surface area contributed by atoms with Crippen LogP contribution >= 0.6 is 0 Å². The number of rotatable bonds is 13. The van der Waals surface area contributed by atoms with Crippen molar-refractivity contribution in [1.29, 1.82) is 0 Å². The first kappa shape index (κ1) is 29.3. The molecule has 1 N–H and O–H groups in total. The summed E-state index contributed by atoms with van der Waals surface area (Å²) in [6.45, 7) is 0.234. The Morgan fingerprint density at radius 1 is 1.03 bits per heavy atom. The zero-order valence-corrected chi connectivity index (χ0v) is 21.6. The standard InChI is InChI=1S/C17H28N4O11S3/c1-18-7-9-20(10-8-18)34(26,27)17-14-15(21(22)23)4-5-16(17)19(11-13-31-33(2,24)25)6-3-12-32-35(28,29)30/h4-5,14H,3,6-13H2,1-2H3,(H,28,29,30). The summed E-state index contributed by atoms with van der Waals surface area (Å²) in [6.07, 6.45) is 0.816. The largest absolute Gasteiger partial charge is 0.397 e. The smallest absolute Gasteiger partial charge is 0.368 e. The van der Waals surface area contributed by atoms with Crippen LogP contribution in [0.1, 0.15) is 6.42 Å². The summed E-state index contributed by atoms with van der Waals surface area (Å²) in [6, 6.07) is 3.27. The topological polar surface area (TPSA) is 194 Å². The molecule has 15 nitrogen and oxygen atoms in total. The molecule has 1 aromatic rings. The molecule has 1 aliphatic rings. The zero-order valence-electron chi connectivity index (χ0n) is 19.1. The fraction of sp³-hybridized carbons (Fsp3) is 0.647. The molecule has 1 heterocycles. The highest BCUT2D eigenvalue weighted by atomic mass is 32.3. The minimum atomic E-state index is -4.69. The third-order valence-electron chi connectivity index (χ3n) is 5.04. The van der Waals surface area contributed by atoms with Gasteiger partial charge >= 0.3 is 10.4 Å². The highest BCUT2D eigenvalue weighted by molar-refractivity contribution is 7.89. The number of benzene rings is 1. The molecule has 18 heteroatoms. The van der Waals surface area contributed by atoms with E-state index >= 15 is 0 Å². The van der Waals surface area contributed by atoms with Gasteiger partial charge in [-0.3, -0.25) is 18.9 Å². The molecule has 1 saturated heterocycles. The van der Waals surface area contributed by atoms with Gasteiger partial charge in [-0.15, -0.1) is 0 Å². The monoisotopic (exact) mass is 560 g/mol. The van der Waals surface area contributed by atoms with E-state index in [1.54, 1.807) is 0 Å². The van der Waals surface area contributed by atoms with Crippen LogP contribution in [0.3, 0.4) is 0 Å². The summed E-state index contributed by atoms with van der Waals surface area (Å²) in [4.78, 5) is 13.6. The molecule has 0 aromatic heterocycles. The van der Waals surface area contributed by atoms with Crippen molar-refractivity contribution in [3.63, 3.8) is 0 Å². The van der Waals surface area contributed by atoms with Crippen molar-refractivity contribution in [1.82, 2.24) is 9.21 Å². The van der Waals surface area contributed by atoms with E-state index in [9.17, 15) is 35.4 Å². The van der Waals surface area contributed by atoms with Crippen molar-refractivity contribution < 1.29 is 43.1 Å². The minimum absolute atomic E-state index is 0.0242. The maximum atomic E-state index is 13.5. The zero-order chi connectivity index (χ0) is 26.4. The molecule has 35 heavy (non-hydrogen) atoms. The lowest BCUT2D eigenvalue weighted by atomic mass is 10.2. The number of piperazine rings is 1. The maximum absolute atomic E-state index is 13.5. The van der Waals surface area contributed by atoms with Crippen LogP contribution in [0.4, 0.5) is 11.4 Å². The number of non-ortho nitro benzene ring substituents is 1. The van der Waals surface area contributed by atoms with Crippen LogP contribution in [0.25, 0.3) is 0 Å². The van der Waals surface area contributed by atoms with Crippen molar-refractivity contribution in [3.05, 3.63) is 28.3 Å². The van der Waals surface area contributed by atoms with Crippen LogP contribution < -0.4 is 4.90 Å². The van der Waals surface area contributed by atoms with E-state index in [0.717, 1.165) is 18.4 Å². The second kappa shape index (κ2) is 11.9. The average molecular weight is 561 g/mol. The lowest BCUT2D eigenvalue weighted by Crippen LogP contribution is -2.47. The predicted octanol–water partition coefficient (Wildman–Crippen LogP) is -0.477. The molecule has 0 unspecified atom stereocenters. The Kier molecular flexibility index (Phi) is 9.94. The van der Waals surface area contributed by atoms with Crippen molar-refractivity contribution in [3.8, 4) is 0 Å². The Bertz CT molecular complexity index is 1210. The summed E-state index contributed by atoms with van der Waals surface area (Å²) in [7, 11) is -10.9. The van der Waals surface area contributed by atoms with Gasteiger partial charge < -0.3 is 9.80 Å². The third kappa shape index (κ3) is 9.22. The lowest BCUT2D eigenvalue weighted by Gasteiger charge is -2.33. The van der Waals surface area contributed by atoms with Crippen LogP contribution in [-0.2, 0) is 38.9 Å². The predicted molar refractivity (Wildman–Crippen MR) is 124 cm³/mol. The molecule has 1 aliphatic heterocycles. The third-order valence-corrected chi connectivity index (χ3v) is 8.03. The summed E-state index contributed by atoms with van der Waals surface area (Å²) < 4.78 is 90.2. The molecule has 0 bridgehead atoms. The van der Waals surface area contributed by atoms with Crippen LogP contribution in [0.2, 0.25) is 0 Å². The number of hydrogen-bond donors (Lipinski definition) is 1. The van der Waals surface area contributed by atoms with E-state index in [-0.39, 0.29) is 49.8 Å². The van der Waals surface area contributed by atoms with Gasteiger partial charge in [-0.2, -0.15) is 21.1 Å². The Hall–Kier alpha value is -1.93. The van der Waals surface area contributed by atoms with E-state index in [1.165, 1.54) is 15.3 Å². The van der Waals surface area contributed by atoms with Crippen molar-refractivity contribution >= 4 is 41.9 Å². The van der Waals surface area contributed by atoms with Gasteiger partial charge in [0.2, 0.25) is 10.0 Å². The Balaban J connectivity index is 2.44. The van der Waals surface area contributed by atoms with Gasteiger partial charge in [0.15, 0.2) is 0 Å². The molecule has 0 amide bonds. The normalized spacial score (nSPS) is 16.3. The minimum Gasteiger partial charge on any atom is -0.368 e. The Labute approximate surface area is 204 Å². The molecule has 2 rings (SSSR count). The summed E-state index contributed by atoms with van der Waals surface area (Å²) in [5.74, 6) is 0. The Morgan fingerprint density at radius 3 is 2.20 bits per heavy atom. The van der Waals surface area contributed by atoms with Crippen molar-refractivity contribution in [2.45, 2.75) is 11.3 Å². The number of anilines is 1. The number of nitrogens with zero attached hydrogens (tertiary/aromatic N) is 4. The number of likely N-dealkylation sites (N-methyl/N-ethyl adjacent to an activating group) is 1. The van der Waals surface area contributed by atoms with Gasteiger partial charge in [0.1, 0.15) is 4.90 Å². The van der Waals surface area contributed by atoms with Crippen LogP contribution in [0.15, 0.2) is 23.1 Å². The van der Waals surface area contributed by atoms with E-state index in [0.29, 0.717) is 13.1 Å². The van der Waals surface area contributed by atoms with E-state index in [1.807, 2.05) is 11.9 Å². The highest BCUT2D eigenvalue weighted by Crippen LogP contribution is 2.32. The second-order valence-corrected chi connectivity index (χ2v) is 12.4. The van der Waals surface area contributed by atoms with E-state index in [4.69, 9.17) is 8.74 Å². The molecule has 0 saturated carbocycles. The first-order chi connectivity index (χ1) is 16.1. The van der Waals surface area contributed by atoms with Gasteiger partial charge in [0, 0.05) is 51.4 Å². The van der Waals surface area contributed by atoms with Crippen molar-refractivity contribution in [2.24, 2.45) is 0 Å². The first-order valence-corrected chi connectivity index (χ1v) is 14.9. The molecule has 0 spiro atoms. The summed E-state index contributed by atoms with van der Waals surface area (Å²) >= 11 is 0. The first-order valence-electron chi connectivity index (χ1n) is 10.3. The lowest BCUT2D eigenvalue weighted by molar-refractivity contribution is -0.385. The van der Waals surface area contributed by atoms with Crippen molar-refractivity contribution in [2.75, 3.05) is 70.7 Å². The van der Waals surface area contributed by atoms with E-state index in [2.05, 4.69) is 4.18 Å². The summed E-state index contributed by atoms with van der Waals surface area (Å²) in [5, 5.41) is 11.4. The molecular weight excluding hydrogens is 532 g/mol. The highest BCUT2D eigenvalue weighted by Gasteiger charge is 2.32. The molecule has 200 valence electrons. The Morgan fingerprint density at radius 2 is 1.66 bits per heavy atom. The van der Waals surface area contributed by atoms with E-state index < -0.39 is 47.8 Å². The maximum Gasteiger partial charge on any atom is 0.397 e. The van der Waals surface area contributed by atoms with Crippen LogP contribution in [0.5, 0.6) is 0 Å². The average Bonchev–Trinajstić information content (AvgIpc) is 2.73. The number of hydrogen-bond acceptors (Lipinski definition) is 12. The fourth-order valence-corrected chi connectivity index (χ4v) is 5.68. The van der Waals surface area contributed by atoms with Gasteiger partial charge in [0.25, 0.3) is 15.8 Å². The van der Waals surface area contributed by atoms with Crippen LogP contribution in [-0.4, -0.2) is 110 Å². The van der Waals surface area contributed by atoms with Gasteiger partial charge in [-0.25, -0.2) is 12.6 Å². The molecule has 1 fully saturated rings. The van der Waals surface area contributed by atoms with Gasteiger partial charge in [-0.05, 0) is 19.5 Å².